The molecule has 0 bridgehead atoms. The van der Waals surface area contributed by atoms with Crippen LogP contribution in [0.1, 0.15) is 66.5 Å². The third kappa shape index (κ3) is 19.9. The molecule has 6 N–H and O–H groups in total. The van der Waals surface area contributed by atoms with Gasteiger partial charge >= 0.3 is 23.9 Å². The summed E-state index contributed by atoms with van der Waals surface area (Å²) < 4.78 is 28.2. The van der Waals surface area contributed by atoms with Gasteiger partial charge in [-0.1, -0.05) is 96.8 Å². The molecule has 2 aliphatic heterocycles. The summed E-state index contributed by atoms with van der Waals surface area (Å²) >= 11 is 0. The standard InChI is InChI=1S/2C9H12O6.2C7H9N.2C2H6.BH4/c2*1-9(2)14-7(11)6(8(12)15-9)5(10)4-13-3;2*8-6-7-4-2-1-3-5-7;2*1-2;/h2*10H,4H2,1-3H3;2*1-5H,6,8H2;2*1-2H3;1H4/q;;;;;;-1. The number of hydrogen-bond donors (Lipinski definition) is 4. The van der Waals surface area contributed by atoms with Gasteiger partial charge in [-0.25, -0.2) is 19.2 Å². The van der Waals surface area contributed by atoms with Crippen molar-refractivity contribution in [3.8, 4) is 0 Å². The van der Waals surface area contributed by atoms with E-state index in [4.69, 9.17) is 30.4 Å². The van der Waals surface area contributed by atoms with E-state index in [-0.39, 0.29) is 21.6 Å². The van der Waals surface area contributed by atoms with Crippen LogP contribution in [0.25, 0.3) is 0 Å². The van der Waals surface area contributed by atoms with Crippen molar-refractivity contribution in [2.45, 2.75) is 80.1 Å². The predicted molar refractivity (Wildman–Crippen MR) is 198 cm³/mol. The monoisotopic (exact) mass is 721 g/mol. The van der Waals surface area contributed by atoms with Gasteiger partial charge in [-0.3, -0.25) is 0 Å². The molecule has 2 saturated heterocycles. The van der Waals surface area contributed by atoms with Crippen LogP contribution in [-0.4, -0.2) is 81.5 Å². The van der Waals surface area contributed by atoms with Crippen LogP contribution in [0, 0.1) is 0 Å². The number of carbonyl (C=O) groups excluding carboxylic acids is 4. The predicted octanol–water partition coefficient (Wildman–Crippen LogP) is 3.45. The largest absolute Gasteiger partial charge is 0.509 e. The minimum Gasteiger partial charge on any atom is -0.509 e. The Labute approximate surface area is 303 Å². The highest BCUT2D eigenvalue weighted by Gasteiger charge is 2.42. The minimum absolute atomic E-state index is 0. The van der Waals surface area contributed by atoms with Crippen molar-refractivity contribution in [2.24, 2.45) is 11.5 Å². The maximum atomic E-state index is 11.3. The Morgan fingerprint density at radius 2 is 0.804 bits per heavy atom. The first kappa shape index (κ1) is 50.7. The van der Waals surface area contributed by atoms with E-state index in [0.717, 1.165) is 0 Å². The Kier molecular flexibility index (Phi) is 26.9. The van der Waals surface area contributed by atoms with E-state index >= 15 is 0 Å². The van der Waals surface area contributed by atoms with Crippen LogP contribution in [-0.2, 0) is 60.7 Å². The second-order valence-electron chi connectivity index (χ2n) is 10.2. The summed E-state index contributed by atoms with van der Waals surface area (Å²) in [6.07, 6.45) is 0. The number of cyclic esters (lactones) is 4. The van der Waals surface area contributed by atoms with E-state index in [1.807, 2.05) is 88.4 Å². The summed E-state index contributed by atoms with van der Waals surface area (Å²) in [4.78, 5) is 45.4. The first-order valence-corrected chi connectivity index (χ1v) is 15.8. The number of nitrogens with two attached hydrogens (primary N) is 2. The van der Waals surface area contributed by atoms with Crippen molar-refractivity contribution >= 4 is 32.3 Å². The van der Waals surface area contributed by atoms with Gasteiger partial charge in [0, 0.05) is 55.0 Å². The summed E-state index contributed by atoms with van der Waals surface area (Å²) in [5, 5.41) is 18.7. The SMILES string of the molecule is CC.CC.COCC(O)=C1C(=O)OC(C)(C)OC1=O.COCC(O)=C1C(=O)OC(C)(C)OC1=O.NCc1ccccc1.NCc1ccccc1.[BH4-]. The molecule has 0 aromatic heterocycles. The van der Waals surface area contributed by atoms with Crippen molar-refractivity contribution in [1.82, 2.24) is 0 Å². The molecule has 14 nitrogen and oxygen atoms in total. The molecule has 2 fully saturated rings. The van der Waals surface area contributed by atoms with Gasteiger partial charge < -0.3 is 50.1 Å². The van der Waals surface area contributed by atoms with Crippen molar-refractivity contribution in [3.63, 3.8) is 0 Å². The van der Waals surface area contributed by atoms with E-state index < -0.39 is 58.1 Å². The summed E-state index contributed by atoms with van der Waals surface area (Å²) in [6, 6.07) is 20.0. The van der Waals surface area contributed by atoms with Crippen molar-refractivity contribution < 1.29 is 57.8 Å². The molecule has 2 aromatic rings. The van der Waals surface area contributed by atoms with E-state index in [1.165, 1.54) is 53.0 Å². The van der Waals surface area contributed by atoms with E-state index in [2.05, 4.69) is 9.47 Å². The number of benzene rings is 2. The first-order chi connectivity index (χ1) is 23.6. The average molecular weight is 722 g/mol. The van der Waals surface area contributed by atoms with Crippen LogP contribution in [0.2, 0.25) is 0 Å². The zero-order chi connectivity index (χ0) is 38.9. The lowest BCUT2D eigenvalue weighted by Gasteiger charge is -2.30. The number of rotatable bonds is 6. The number of carbonyl (C=O) groups is 4. The van der Waals surface area contributed by atoms with Crippen LogP contribution in [0.3, 0.4) is 0 Å². The minimum atomic E-state index is -1.30. The highest BCUT2D eigenvalue weighted by molar-refractivity contribution is 6.16. The third-order valence-electron chi connectivity index (χ3n) is 5.47. The molecule has 0 amide bonds. The zero-order valence-electron chi connectivity index (χ0n) is 30.7. The Bertz CT molecular complexity index is 1230. The summed E-state index contributed by atoms with van der Waals surface area (Å²) in [7, 11) is 2.64. The van der Waals surface area contributed by atoms with Gasteiger partial charge in [0.2, 0.25) is 0 Å². The number of methoxy groups -OCH3 is 2. The molecule has 288 valence electrons. The van der Waals surface area contributed by atoms with Crippen molar-refractivity contribution in [3.05, 3.63) is 94.5 Å². The van der Waals surface area contributed by atoms with Crippen molar-refractivity contribution in [2.75, 3.05) is 27.4 Å². The second kappa shape index (κ2) is 27.1. The van der Waals surface area contributed by atoms with Crippen LogP contribution >= 0.6 is 0 Å². The van der Waals surface area contributed by atoms with Gasteiger partial charge in [0.1, 0.15) is 24.7 Å². The third-order valence-corrected chi connectivity index (χ3v) is 5.47. The summed E-state index contributed by atoms with van der Waals surface area (Å²) in [5.41, 5.74) is 12.0. The first-order valence-electron chi connectivity index (χ1n) is 15.8. The Morgan fingerprint density at radius 1 is 0.569 bits per heavy atom. The Balaban J connectivity index is -0.000000598. The van der Waals surface area contributed by atoms with Crippen LogP contribution in [0.4, 0.5) is 0 Å². The normalized spacial score (nSPS) is 14.6. The molecule has 0 radical (unpaired) electrons. The quantitative estimate of drug-likeness (QED) is 0.111. The van der Waals surface area contributed by atoms with Crippen LogP contribution in [0.15, 0.2) is 83.3 Å². The van der Waals surface area contributed by atoms with Gasteiger partial charge in [0.15, 0.2) is 11.1 Å². The fraction of sp³-hybridized carbons (Fsp3) is 0.444. The van der Waals surface area contributed by atoms with E-state index in [1.54, 1.807) is 0 Å². The number of hydrogen-bond acceptors (Lipinski definition) is 14. The smallest absolute Gasteiger partial charge is 0.352 e. The molecular formula is C36H58BN2O12-. The van der Waals surface area contributed by atoms with Gasteiger partial charge in [-0.05, 0) is 11.1 Å². The Morgan fingerprint density at radius 3 is 0.980 bits per heavy atom. The number of ether oxygens (including phenoxy) is 6. The molecule has 0 aliphatic carbocycles. The highest BCUT2D eigenvalue weighted by atomic mass is 16.8. The van der Waals surface area contributed by atoms with Crippen molar-refractivity contribution in [1.29, 1.82) is 0 Å². The average Bonchev–Trinajstić information content (AvgIpc) is 3.06. The maximum absolute atomic E-state index is 11.3. The van der Waals surface area contributed by atoms with Gasteiger partial charge in [-0.15, -0.1) is 0 Å². The van der Waals surface area contributed by atoms with Gasteiger partial charge in [0.25, 0.3) is 11.6 Å². The number of esters is 4. The molecule has 0 atom stereocenters. The molecule has 4 rings (SSSR count). The molecule has 0 spiro atoms. The molecular weight excluding hydrogens is 663 g/mol. The molecule has 2 heterocycles. The van der Waals surface area contributed by atoms with Crippen LogP contribution < -0.4 is 11.5 Å². The maximum Gasteiger partial charge on any atom is 0.352 e. The molecule has 51 heavy (non-hydrogen) atoms. The van der Waals surface area contributed by atoms with Crippen LogP contribution in [0.5, 0.6) is 0 Å². The summed E-state index contributed by atoms with van der Waals surface area (Å²) in [5.74, 6) is -7.24. The molecule has 2 aromatic carbocycles. The topological polar surface area (TPSA) is 216 Å². The van der Waals surface area contributed by atoms with E-state index in [0.29, 0.717) is 13.1 Å². The molecule has 0 unspecified atom stereocenters. The van der Waals surface area contributed by atoms with Gasteiger partial charge in [0.05, 0.1) is 0 Å². The number of aliphatic hydroxyl groups is 2. The highest BCUT2D eigenvalue weighted by Crippen LogP contribution is 2.25. The van der Waals surface area contributed by atoms with Gasteiger partial charge in [-0.2, -0.15) is 0 Å². The zero-order valence-corrected chi connectivity index (χ0v) is 30.7. The fourth-order valence-electron chi connectivity index (χ4n) is 3.42. The lowest BCUT2D eigenvalue weighted by Crippen LogP contribution is -2.42. The molecule has 2 aliphatic rings. The second-order valence-corrected chi connectivity index (χ2v) is 10.2. The molecule has 0 saturated carbocycles. The Hall–Kier alpha value is -4.70. The lowest BCUT2D eigenvalue weighted by molar-refractivity contribution is -0.224. The number of aliphatic hydroxyl groups excluding tert-OH is 2. The molecule has 15 heteroatoms. The van der Waals surface area contributed by atoms with E-state index in [9.17, 15) is 29.4 Å². The lowest BCUT2D eigenvalue weighted by atomic mass is 10.2. The summed E-state index contributed by atoms with van der Waals surface area (Å²) in [6.45, 7) is 14.5. The fourth-order valence-corrected chi connectivity index (χ4v) is 3.42.